The van der Waals surface area contributed by atoms with Crippen LogP contribution in [-0.4, -0.2) is 45.1 Å². The average Bonchev–Trinajstić information content (AvgIpc) is 3.44. The van der Waals surface area contributed by atoms with Crippen LogP contribution in [-0.2, 0) is 11.3 Å². The summed E-state index contributed by atoms with van der Waals surface area (Å²) in [7, 11) is 0. The van der Waals surface area contributed by atoms with Gasteiger partial charge in [-0.3, -0.25) is 4.79 Å². The van der Waals surface area contributed by atoms with Gasteiger partial charge in [-0.1, -0.05) is 18.2 Å². The van der Waals surface area contributed by atoms with Crippen molar-refractivity contribution in [2.75, 3.05) is 13.2 Å². The third kappa shape index (κ3) is 3.67. The maximum absolute atomic E-state index is 13.0. The summed E-state index contributed by atoms with van der Waals surface area (Å²) < 4.78 is 11.1. The average molecular weight is 352 g/mol. The Morgan fingerprint density at radius 2 is 2.12 bits per heavy atom. The van der Waals surface area contributed by atoms with Gasteiger partial charge in [-0.2, -0.15) is 9.90 Å². The normalized spacial score (nSPS) is 16.7. The van der Waals surface area contributed by atoms with Gasteiger partial charge in [0.2, 0.25) is 0 Å². The number of carbonyl (C=O) groups excluding carboxylic acids is 1. The van der Waals surface area contributed by atoms with Gasteiger partial charge in [0.1, 0.15) is 5.76 Å². The number of benzene rings is 1. The molecule has 3 aromatic rings. The molecule has 7 nitrogen and oxygen atoms in total. The van der Waals surface area contributed by atoms with Gasteiger partial charge in [0.05, 0.1) is 30.8 Å². The summed E-state index contributed by atoms with van der Waals surface area (Å²) in [4.78, 5) is 16.2. The largest absolute Gasteiger partial charge is 0.467 e. The molecule has 1 aliphatic heterocycles. The van der Waals surface area contributed by atoms with E-state index < -0.39 is 0 Å². The van der Waals surface area contributed by atoms with Gasteiger partial charge < -0.3 is 14.1 Å². The van der Waals surface area contributed by atoms with Crippen LogP contribution in [0.15, 0.2) is 59.3 Å². The third-order valence-corrected chi connectivity index (χ3v) is 4.36. The lowest BCUT2D eigenvalue weighted by atomic mass is 10.2. The van der Waals surface area contributed by atoms with Gasteiger partial charge in [-0.25, -0.2) is 0 Å². The summed E-state index contributed by atoms with van der Waals surface area (Å²) in [6, 6.07) is 13.2. The lowest BCUT2D eigenvalue weighted by Crippen LogP contribution is -2.37. The molecule has 1 aromatic carbocycles. The lowest BCUT2D eigenvalue weighted by Gasteiger charge is -2.23. The van der Waals surface area contributed by atoms with E-state index in [0.717, 1.165) is 30.9 Å². The number of rotatable bonds is 6. The number of ether oxygens (including phenoxy) is 1. The van der Waals surface area contributed by atoms with E-state index in [4.69, 9.17) is 9.15 Å². The number of para-hydroxylation sites is 1. The van der Waals surface area contributed by atoms with E-state index in [1.54, 1.807) is 11.2 Å². The van der Waals surface area contributed by atoms with Crippen molar-refractivity contribution in [3.05, 3.63) is 66.4 Å². The van der Waals surface area contributed by atoms with Crippen molar-refractivity contribution in [2.24, 2.45) is 0 Å². The molecule has 26 heavy (non-hydrogen) atoms. The quantitative estimate of drug-likeness (QED) is 0.682. The predicted molar refractivity (Wildman–Crippen MR) is 93.8 cm³/mol. The Morgan fingerprint density at radius 3 is 2.85 bits per heavy atom. The highest BCUT2D eigenvalue weighted by Crippen LogP contribution is 2.17. The number of hydrogen-bond acceptors (Lipinski definition) is 5. The predicted octanol–water partition coefficient (Wildman–Crippen LogP) is 2.68. The van der Waals surface area contributed by atoms with Gasteiger partial charge in [-0.15, -0.1) is 5.10 Å². The minimum absolute atomic E-state index is 0.0538. The van der Waals surface area contributed by atoms with Gasteiger partial charge >= 0.3 is 0 Å². The molecule has 0 aliphatic carbocycles. The number of nitrogens with zero attached hydrogens (tertiary/aromatic N) is 4. The van der Waals surface area contributed by atoms with Crippen molar-refractivity contribution in [1.29, 1.82) is 0 Å². The van der Waals surface area contributed by atoms with Crippen LogP contribution in [0.4, 0.5) is 0 Å². The maximum Gasteiger partial charge on any atom is 0.276 e. The van der Waals surface area contributed by atoms with Crippen LogP contribution in [0, 0.1) is 0 Å². The molecule has 0 radical (unpaired) electrons. The molecule has 0 saturated carbocycles. The first-order chi connectivity index (χ1) is 12.8. The van der Waals surface area contributed by atoms with E-state index in [-0.39, 0.29) is 12.0 Å². The number of hydrogen-bond donors (Lipinski definition) is 0. The Balaban J connectivity index is 1.54. The third-order valence-electron chi connectivity index (χ3n) is 4.36. The van der Waals surface area contributed by atoms with E-state index in [2.05, 4.69) is 10.2 Å². The van der Waals surface area contributed by atoms with E-state index >= 15 is 0 Å². The van der Waals surface area contributed by atoms with Gasteiger partial charge in [0.25, 0.3) is 5.91 Å². The Hall–Kier alpha value is -2.93. The second-order valence-electron chi connectivity index (χ2n) is 6.25. The van der Waals surface area contributed by atoms with Crippen LogP contribution in [0.1, 0.15) is 29.1 Å². The van der Waals surface area contributed by atoms with Crippen LogP contribution in [0.3, 0.4) is 0 Å². The maximum atomic E-state index is 13.0. The number of furan rings is 1. The van der Waals surface area contributed by atoms with E-state index in [1.165, 1.54) is 11.0 Å². The van der Waals surface area contributed by atoms with Crippen molar-refractivity contribution >= 4 is 5.91 Å². The topological polar surface area (TPSA) is 73.4 Å². The zero-order chi connectivity index (χ0) is 17.8. The summed E-state index contributed by atoms with van der Waals surface area (Å²) in [5, 5.41) is 8.57. The summed E-state index contributed by atoms with van der Waals surface area (Å²) in [6.45, 7) is 1.64. The summed E-state index contributed by atoms with van der Waals surface area (Å²) in [5.74, 6) is 0.547. The molecule has 3 heterocycles. The molecule has 2 aromatic heterocycles. The minimum atomic E-state index is -0.181. The number of aromatic nitrogens is 3. The Morgan fingerprint density at radius 1 is 1.23 bits per heavy atom. The molecule has 4 rings (SSSR count). The molecular formula is C19H20N4O3. The minimum Gasteiger partial charge on any atom is -0.467 e. The fourth-order valence-corrected chi connectivity index (χ4v) is 3.05. The highest BCUT2D eigenvalue weighted by Gasteiger charge is 2.26. The monoisotopic (exact) mass is 352 g/mol. The van der Waals surface area contributed by atoms with Crippen molar-refractivity contribution in [3.63, 3.8) is 0 Å². The number of amides is 1. The molecule has 134 valence electrons. The Bertz CT molecular complexity index is 839. The molecule has 1 fully saturated rings. The smallest absolute Gasteiger partial charge is 0.276 e. The summed E-state index contributed by atoms with van der Waals surface area (Å²) in [6.07, 6.45) is 5.14. The molecular weight excluding hydrogens is 332 g/mol. The number of carbonyl (C=O) groups is 1. The van der Waals surface area contributed by atoms with Gasteiger partial charge in [0.15, 0.2) is 5.69 Å². The summed E-state index contributed by atoms with van der Waals surface area (Å²) >= 11 is 0. The molecule has 1 amide bonds. The Labute approximate surface area is 151 Å². The summed E-state index contributed by atoms with van der Waals surface area (Å²) in [5.41, 5.74) is 1.11. The van der Waals surface area contributed by atoms with Crippen molar-refractivity contribution < 1.29 is 13.9 Å². The fourth-order valence-electron chi connectivity index (χ4n) is 3.05. The van der Waals surface area contributed by atoms with E-state index in [9.17, 15) is 4.79 Å². The molecule has 1 saturated heterocycles. The first kappa shape index (κ1) is 16.5. The first-order valence-corrected chi connectivity index (χ1v) is 8.70. The zero-order valence-electron chi connectivity index (χ0n) is 14.3. The molecule has 7 heteroatoms. The molecule has 0 bridgehead atoms. The first-order valence-electron chi connectivity index (χ1n) is 8.70. The van der Waals surface area contributed by atoms with Gasteiger partial charge in [0, 0.05) is 13.2 Å². The van der Waals surface area contributed by atoms with Crippen LogP contribution >= 0.6 is 0 Å². The molecule has 1 aliphatic rings. The van der Waals surface area contributed by atoms with Crippen LogP contribution in [0.25, 0.3) is 5.69 Å². The van der Waals surface area contributed by atoms with Crippen LogP contribution in [0.5, 0.6) is 0 Å². The highest BCUT2D eigenvalue weighted by molar-refractivity contribution is 5.91. The van der Waals surface area contributed by atoms with E-state index in [0.29, 0.717) is 18.8 Å². The second-order valence-corrected chi connectivity index (χ2v) is 6.25. The molecule has 0 spiro atoms. The zero-order valence-corrected chi connectivity index (χ0v) is 14.3. The van der Waals surface area contributed by atoms with Crippen molar-refractivity contribution in [1.82, 2.24) is 19.9 Å². The van der Waals surface area contributed by atoms with Crippen LogP contribution in [0.2, 0.25) is 0 Å². The molecule has 1 atom stereocenters. The highest BCUT2D eigenvalue weighted by atomic mass is 16.5. The SMILES string of the molecule is O=C(c1cnn(-c2ccccc2)n1)N(Cc1ccco1)CC1CCCO1. The molecule has 0 N–H and O–H groups in total. The van der Waals surface area contributed by atoms with Crippen molar-refractivity contribution in [3.8, 4) is 5.69 Å². The van der Waals surface area contributed by atoms with Crippen molar-refractivity contribution in [2.45, 2.75) is 25.5 Å². The van der Waals surface area contributed by atoms with Crippen LogP contribution < -0.4 is 0 Å². The molecule has 1 unspecified atom stereocenters. The standard InChI is InChI=1S/C19H20N4O3/c24-19(18-12-20-23(21-18)15-6-2-1-3-7-15)22(13-16-8-4-10-25-16)14-17-9-5-11-26-17/h1-4,6-8,10,12,17H,5,9,11,13-14H2. The van der Waals surface area contributed by atoms with Gasteiger partial charge in [-0.05, 0) is 37.1 Å². The second kappa shape index (κ2) is 7.53. The van der Waals surface area contributed by atoms with E-state index in [1.807, 2.05) is 42.5 Å². The fraction of sp³-hybridized carbons (Fsp3) is 0.316. The lowest BCUT2D eigenvalue weighted by molar-refractivity contribution is 0.0487. The Kier molecular flexibility index (Phi) is 4.79.